The van der Waals surface area contributed by atoms with Gasteiger partial charge in [-0.1, -0.05) is 6.07 Å². The molecule has 1 atom stereocenters. The minimum Gasteiger partial charge on any atom is -0.354 e. The second-order valence-electron chi connectivity index (χ2n) is 4.55. The molecule has 0 saturated carbocycles. The predicted octanol–water partition coefficient (Wildman–Crippen LogP) is 2.21. The van der Waals surface area contributed by atoms with Crippen molar-refractivity contribution in [1.29, 1.82) is 0 Å². The van der Waals surface area contributed by atoms with Crippen LogP contribution in [-0.4, -0.2) is 23.6 Å². The molecule has 0 aromatic carbocycles. The van der Waals surface area contributed by atoms with Crippen LogP contribution in [0.2, 0.25) is 0 Å². The zero-order chi connectivity index (χ0) is 12.1. The molecule has 0 amide bonds. The fourth-order valence-corrected chi connectivity index (χ4v) is 1.95. The summed E-state index contributed by atoms with van der Waals surface area (Å²) in [6, 6.07) is 4.74. The number of hydrogen-bond donors (Lipinski definition) is 1. The van der Waals surface area contributed by atoms with E-state index >= 15 is 0 Å². The second kappa shape index (κ2) is 5.85. The minimum absolute atomic E-state index is 0.175. The summed E-state index contributed by atoms with van der Waals surface area (Å²) >= 11 is 0. The van der Waals surface area contributed by atoms with Crippen molar-refractivity contribution in [2.45, 2.75) is 46.2 Å². The maximum absolute atomic E-state index is 5.86. The van der Waals surface area contributed by atoms with E-state index in [9.17, 15) is 0 Å². The van der Waals surface area contributed by atoms with Gasteiger partial charge in [0.1, 0.15) is 5.82 Å². The highest BCUT2D eigenvalue weighted by Crippen LogP contribution is 2.20. The van der Waals surface area contributed by atoms with Gasteiger partial charge in [0.05, 0.1) is 0 Å². The summed E-state index contributed by atoms with van der Waals surface area (Å²) in [5.41, 5.74) is 7.11. The highest BCUT2D eigenvalue weighted by Gasteiger charge is 2.14. The van der Waals surface area contributed by atoms with Crippen LogP contribution in [0.15, 0.2) is 18.3 Å². The van der Waals surface area contributed by atoms with Gasteiger partial charge in [0, 0.05) is 24.8 Å². The fraction of sp³-hybridized carbons (Fsp3) is 0.615. The van der Waals surface area contributed by atoms with E-state index in [2.05, 4.69) is 36.7 Å². The predicted molar refractivity (Wildman–Crippen MR) is 69.7 cm³/mol. The third-order valence-corrected chi connectivity index (χ3v) is 2.65. The average molecular weight is 221 g/mol. The van der Waals surface area contributed by atoms with Gasteiger partial charge >= 0.3 is 0 Å². The van der Waals surface area contributed by atoms with Crippen molar-refractivity contribution in [2.24, 2.45) is 5.73 Å². The van der Waals surface area contributed by atoms with Crippen molar-refractivity contribution >= 4 is 5.82 Å². The minimum atomic E-state index is 0.175. The Balaban J connectivity index is 3.01. The first-order chi connectivity index (χ1) is 7.56. The molecule has 0 bridgehead atoms. The highest BCUT2D eigenvalue weighted by molar-refractivity contribution is 5.47. The van der Waals surface area contributed by atoms with Crippen LogP contribution in [0.5, 0.6) is 0 Å². The van der Waals surface area contributed by atoms with Crippen molar-refractivity contribution in [2.75, 3.05) is 11.4 Å². The summed E-state index contributed by atoms with van der Waals surface area (Å²) in [5, 5.41) is 0. The molecular weight excluding hydrogens is 198 g/mol. The molecule has 0 aliphatic carbocycles. The lowest BCUT2D eigenvalue weighted by molar-refractivity contribution is 0.676. The van der Waals surface area contributed by atoms with Crippen molar-refractivity contribution in [3.05, 3.63) is 23.9 Å². The first-order valence-electron chi connectivity index (χ1n) is 6.02. The summed E-state index contributed by atoms with van der Waals surface area (Å²) in [7, 11) is 0. The number of nitrogens with zero attached hydrogens (tertiary/aromatic N) is 2. The molecule has 0 fully saturated rings. The Morgan fingerprint density at radius 1 is 1.38 bits per heavy atom. The first-order valence-corrected chi connectivity index (χ1v) is 6.02. The lowest BCUT2D eigenvalue weighted by Crippen LogP contribution is -2.32. The Morgan fingerprint density at radius 2 is 2.06 bits per heavy atom. The molecule has 0 saturated heterocycles. The van der Waals surface area contributed by atoms with Crippen molar-refractivity contribution in [3.63, 3.8) is 0 Å². The smallest absolute Gasteiger partial charge is 0.131 e. The van der Waals surface area contributed by atoms with E-state index in [1.807, 2.05) is 19.2 Å². The molecule has 0 radical (unpaired) electrons. The molecule has 16 heavy (non-hydrogen) atoms. The molecule has 2 N–H and O–H groups in total. The van der Waals surface area contributed by atoms with Crippen LogP contribution in [0.1, 0.15) is 33.3 Å². The van der Waals surface area contributed by atoms with E-state index in [4.69, 9.17) is 5.73 Å². The highest BCUT2D eigenvalue weighted by atomic mass is 15.2. The normalized spacial score (nSPS) is 12.9. The topological polar surface area (TPSA) is 42.2 Å². The Kier molecular flexibility index (Phi) is 4.74. The lowest BCUT2D eigenvalue weighted by Gasteiger charge is -2.28. The Bertz CT molecular complexity index is 321. The molecule has 1 unspecified atom stereocenters. The van der Waals surface area contributed by atoms with E-state index in [0.717, 1.165) is 18.8 Å². The van der Waals surface area contributed by atoms with Crippen molar-refractivity contribution in [1.82, 2.24) is 4.98 Å². The van der Waals surface area contributed by atoms with E-state index in [1.165, 1.54) is 5.56 Å². The van der Waals surface area contributed by atoms with Gasteiger partial charge < -0.3 is 10.6 Å². The van der Waals surface area contributed by atoms with Crippen LogP contribution in [0.25, 0.3) is 0 Å². The molecule has 1 aromatic rings. The Morgan fingerprint density at radius 3 is 2.56 bits per heavy atom. The van der Waals surface area contributed by atoms with E-state index in [1.54, 1.807) is 0 Å². The molecule has 3 nitrogen and oxygen atoms in total. The van der Waals surface area contributed by atoms with Gasteiger partial charge in [0.2, 0.25) is 0 Å². The quantitative estimate of drug-likeness (QED) is 0.829. The summed E-state index contributed by atoms with van der Waals surface area (Å²) in [4.78, 5) is 6.80. The molecule has 1 rings (SSSR count). The van der Waals surface area contributed by atoms with Gasteiger partial charge in [-0.05, 0) is 45.7 Å². The van der Waals surface area contributed by atoms with Crippen LogP contribution < -0.4 is 10.6 Å². The number of nitrogens with two attached hydrogens (primary N) is 1. The third kappa shape index (κ3) is 3.20. The first kappa shape index (κ1) is 13.0. The molecule has 90 valence electrons. The van der Waals surface area contributed by atoms with Gasteiger partial charge in [-0.2, -0.15) is 0 Å². The molecule has 0 spiro atoms. The van der Waals surface area contributed by atoms with Gasteiger partial charge in [0.25, 0.3) is 0 Å². The molecule has 3 heteroatoms. The zero-order valence-corrected chi connectivity index (χ0v) is 10.8. The maximum Gasteiger partial charge on any atom is 0.131 e. The largest absolute Gasteiger partial charge is 0.354 e. The molecule has 1 aromatic heterocycles. The fourth-order valence-electron chi connectivity index (χ4n) is 1.95. The number of aromatic nitrogens is 1. The lowest BCUT2D eigenvalue weighted by atomic mass is 10.1. The van der Waals surface area contributed by atoms with Crippen LogP contribution in [-0.2, 0) is 6.42 Å². The van der Waals surface area contributed by atoms with Crippen LogP contribution in [0.4, 0.5) is 5.82 Å². The molecule has 1 heterocycles. The summed E-state index contributed by atoms with van der Waals surface area (Å²) in [5.74, 6) is 1.08. The van der Waals surface area contributed by atoms with Crippen LogP contribution >= 0.6 is 0 Å². The van der Waals surface area contributed by atoms with Gasteiger partial charge in [-0.3, -0.25) is 0 Å². The van der Waals surface area contributed by atoms with E-state index in [0.29, 0.717) is 6.04 Å². The van der Waals surface area contributed by atoms with Gasteiger partial charge in [-0.25, -0.2) is 4.98 Å². The maximum atomic E-state index is 5.86. The van der Waals surface area contributed by atoms with Gasteiger partial charge in [-0.15, -0.1) is 0 Å². The van der Waals surface area contributed by atoms with Crippen LogP contribution in [0.3, 0.4) is 0 Å². The third-order valence-electron chi connectivity index (χ3n) is 2.65. The summed E-state index contributed by atoms with van der Waals surface area (Å²) in [6.07, 6.45) is 2.73. The Hall–Kier alpha value is -1.09. The molecule has 0 aliphatic heterocycles. The number of hydrogen-bond acceptors (Lipinski definition) is 3. The monoisotopic (exact) mass is 221 g/mol. The van der Waals surface area contributed by atoms with Crippen molar-refractivity contribution < 1.29 is 0 Å². The molecular formula is C13H23N3. The van der Waals surface area contributed by atoms with E-state index < -0.39 is 0 Å². The van der Waals surface area contributed by atoms with Gasteiger partial charge in [0.15, 0.2) is 0 Å². The van der Waals surface area contributed by atoms with E-state index in [-0.39, 0.29) is 6.04 Å². The number of pyridine rings is 1. The average Bonchev–Trinajstić information content (AvgIpc) is 2.20. The SMILES string of the molecule is CCN(c1ncccc1CC(C)N)C(C)C. The van der Waals surface area contributed by atoms with Crippen molar-refractivity contribution in [3.8, 4) is 0 Å². The Labute approximate surface area is 98.7 Å². The standard InChI is InChI=1S/C13H23N3/c1-5-16(10(2)3)13-12(9-11(4)14)7-6-8-15-13/h6-8,10-11H,5,9,14H2,1-4H3. The second-order valence-corrected chi connectivity index (χ2v) is 4.55. The number of anilines is 1. The van der Waals surface area contributed by atoms with Crippen LogP contribution in [0, 0.1) is 0 Å². The number of rotatable bonds is 5. The summed E-state index contributed by atoms with van der Waals surface area (Å²) < 4.78 is 0. The zero-order valence-electron chi connectivity index (χ0n) is 10.8. The molecule has 0 aliphatic rings. The summed E-state index contributed by atoms with van der Waals surface area (Å²) in [6.45, 7) is 9.54.